The Morgan fingerprint density at radius 1 is 1.25 bits per heavy atom. The maximum atomic E-state index is 12.4. The van der Waals surface area contributed by atoms with Crippen LogP contribution in [0.15, 0.2) is 65.4 Å². The molecule has 3 aromatic rings. The van der Waals surface area contributed by atoms with Gasteiger partial charge in [0.25, 0.3) is 5.91 Å². The third-order valence-electron chi connectivity index (χ3n) is 3.53. The number of hydrogen-bond donors (Lipinski definition) is 1. The molecular formula is C18H16BrN3O2. The zero-order valence-electron chi connectivity index (χ0n) is 13.1. The molecule has 6 heteroatoms. The van der Waals surface area contributed by atoms with Gasteiger partial charge in [0.15, 0.2) is 0 Å². The molecule has 0 unspecified atom stereocenters. The van der Waals surface area contributed by atoms with Crippen molar-refractivity contribution in [3.63, 3.8) is 0 Å². The van der Waals surface area contributed by atoms with E-state index < -0.39 is 0 Å². The summed E-state index contributed by atoms with van der Waals surface area (Å²) >= 11 is 3.39. The van der Waals surface area contributed by atoms with Crippen LogP contribution in [0.1, 0.15) is 15.9 Å². The molecule has 0 bridgehead atoms. The number of para-hydroxylation sites is 1. The van der Waals surface area contributed by atoms with E-state index in [1.54, 1.807) is 36.2 Å². The fraction of sp³-hybridized carbons (Fsp3) is 0.111. The molecule has 1 heterocycles. The van der Waals surface area contributed by atoms with Gasteiger partial charge in [-0.25, -0.2) is 4.68 Å². The molecule has 0 aliphatic heterocycles. The standard InChI is InChI=1S/C18H16BrN3O2/c1-24-15-7-8-17(19)16(9-15)18(23)20-10-13-11-21-22(12-13)14-5-3-2-4-6-14/h2-9,11-12H,10H2,1H3,(H,20,23). The number of hydrogen-bond acceptors (Lipinski definition) is 3. The normalized spacial score (nSPS) is 10.4. The molecule has 0 aliphatic carbocycles. The second-order valence-electron chi connectivity index (χ2n) is 5.16. The molecule has 122 valence electrons. The van der Waals surface area contributed by atoms with E-state index in [-0.39, 0.29) is 5.91 Å². The summed E-state index contributed by atoms with van der Waals surface area (Å²) in [6.45, 7) is 0.398. The Morgan fingerprint density at radius 2 is 2.04 bits per heavy atom. The smallest absolute Gasteiger partial charge is 0.252 e. The fourth-order valence-corrected chi connectivity index (χ4v) is 2.68. The molecule has 1 N–H and O–H groups in total. The van der Waals surface area contributed by atoms with Crippen molar-refractivity contribution in [2.75, 3.05) is 7.11 Å². The van der Waals surface area contributed by atoms with E-state index in [4.69, 9.17) is 4.74 Å². The zero-order valence-corrected chi connectivity index (χ0v) is 14.7. The molecule has 2 aromatic carbocycles. The first-order chi connectivity index (χ1) is 11.7. The first-order valence-corrected chi connectivity index (χ1v) is 8.17. The first kappa shape index (κ1) is 16.3. The molecule has 0 radical (unpaired) electrons. The van der Waals surface area contributed by atoms with E-state index in [1.165, 1.54) is 0 Å². The minimum absolute atomic E-state index is 0.173. The van der Waals surface area contributed by atoms with Crippen molar-refractivity contribution in [2.45, 2.75) is 6.54 Å². The molecule has 5 nitrogen and oxygen atoms in total. The van der Waals surface area contributed by atoms with Crippen molar-refractivity contribution in [1.82, 2.24) is 15.1 Å². The second-order valence-corrected chi connectivity index (χ2v) is 6.01. The predicted octanol–water partition coefficient (Wildman–Crippen LogP) is 3.57. The third-order valence-corrected chi connectivity index (χ3v) is 4.22. The topological polar surface area (TPSA) is 56.1 Å². The van der Waals surface area contributed by atoms with E-state index in [0.717, 1.165) is 15.7 Å². The lowest BCUT2D eigenvalue weighted by molar-refractivity contribution is 0.0950. The summed E-state index contributed by atoms with van der Waals surface area (Å²) in [5.41, 5.74) is 2.43. The Labute approximate surface area is 148 Å². The Hall–Kier alpha value is -2.60. The number of methoxy groups -OCH3 is 1. The maximum Gasteiger partial charge on any atom is 0.252 e. The van der Waals surface area contributed by atoms with Crippen molar-refractivity contribution in [1.29, 1.82) is 0 Å². The number of nitrogens with zero attached hydrogens (tertiary/aromatic N) is 2. The molecule has 0 atom stereocenters. The van der Waals surface area contributed by atoms with Crippen LogP contribution in [0.4, 0.5) is 0 Å². The number of rotatable bonds is 5. The number of ether oxygens (including phenoxy) is 1. The zero-order chi connectivity index (χ0) is 16.9. The molecule has 3 rings (SSSR count). The SMILES string of the molecule is COc1ccc(Br)c(C(=O)NCc2cnn(-c3ccccc3)c2)c1. The van der Waals surface area contributed by atoms with Gasteiger partial charge in [-0.2, -0.15) is 5.10 Å². The Balaban J connectivity index is 1.68. The highest BCUT2D eigenvalue weighted by molar-refractivity contribution is 9.10. The lowest BCUT2D eigenvalue weighted by atomic mass is 10.2. The largest absolute Gasteiger partial charge is 0.497 e. The summed E-state index contributed by atoms with van der Waals surface area (Å²) in [5.74, 6) is 0.466. The third kappa shape index (κ3) is 3.65. The van der Waals surface area contributed by atoms with Crippen LogP contribution in [0, 0.1) is 0 Å². The van der Waals surface area contributed by atoms with Crippen molar-refractivity contribution in [3.05, 3.63) is 76.5 Å². The summed E-state index contributed by atoms with van der Waals surface area (Å²) < 4.78 is 7.66. The average Bonchev–Trinajstić information content (AvgIpc) is 3.10. The Kier molecular flexibility index (Phi) is 4.96. The van der Waals surface area contributed by atoms with E-state index in [9.17, 15) is 4.79 Å². The molecule has 1 amide bonds. The highest BCUT2D eigenvalue weighted by atomic mass is 79.9. The van der Waals surface area contributed by atoms with Crippen molar-refractivity contribution < 1.29 is 9.53 Å². The van der Waals surface area contributed by atoms with Crippen LogP contribution in [-0.2, 0) is 6.54 Å². The minimum atomic E-state index is -0.173. The van der Waals surface area contributed by atoms with Gasteiger partial charge in [0.1, 0.15) is 5.75 Å². The number of carbonyl (C=O) groups excluding carboxylic acids is 1. The molecule has 0 spiro atoms. The van der Waals surface area contributed by atoms with E-state index in [1.807, 2.05) is 36.5 Å². The summed E-state index contributed by atoms with van der Waals surface area (Å²) in [4.78, 5) is 12.4. The highest BCUT2D eigenvalue weighted by Crippen LogP contribution is 2.22. The average molecular weight is 386 g/mol. The van der Waals surface area contributed by atoms with Crippen LogP contribution in [0.2, 0.25) is 0 Å². The monoisotopic (exact) mass is 385 g/mol. The summed E-state index contributed by atoms with van der Waals surface area (Å²) in [7, 11) is 1.57. The van der Waals surface area contributed by atoms with Crippen molar-refractivity contribution in [2.24, 2.45) is 0 Å². The predicted molar refractivity (Wildman–Crippen MR) is 95.4 cm³/mol. The van der Waals surface area contributed by atoms with Gasteiger partial charge in [0.2, 0.25) is 0 Å². The summed E-state index contributed by atoms with van der Waals surface area (Å²) in [5, 5.41) is 7.21. The van der Waals surface area contributed by atoms with E-state index in [0.29, 0.717) is 17.9 Å². The number of aromatic nitrogens is 2. The molecule has 1 aromatic heterocycles. The van der Waals surface area contributed by atoms with Crippen molar-refractivity contribution >= 4 is 21.8 Å². The Morgan fingerprint density at radius 3 is 2.79 bits per heavy atom. The van der Waals surface area contributed by atoms with Gasteiger partial charge in [0.05, 0.1) is 24.6 Å². The van der Waals surface area contributed by atoms with Gasteiger partial charge >= 0.3 is 0 Å². The lowest BCUT2D eigenvalue weighted by Gasteiger charge is -2.08. The maximum absolute atomic E-state index is 12.4. The molecule has 0 saturated heterocycles. The molecule has 0 saturated carbocycles. The molecular weight excluding hydrogens is 370 g/mol. The van der Waals surface area contributed by atoms with Crippen LogP contribution >= 0.6 is 15.9 Å². The van der Waals surface area contributed by atoms with E-state index in [2.05, 4.69) is 26.3 Å². The van der Waals surface area contributed by atoms with Gasteiger partial charge in [-0.1, -0.05) is 18.2 Å². The number of halogens is 1. The van der Waals surface area contributed by atoms with Crippen LogP contribution < -0.4 is 10.1 Å². The number of amides is 1. The lowest BCUT2D eigenvalue weighted by Crippen LogP contribution is -2.23. The number of carbonyl (C=O) groups is 1. The second kappa shape index (κ2) is 7.31. The van der Waals surface area contributed by atoms with Crippen LogP contribution in [0.3, 0.4) is 0 Å². The van der Waals surface area contributed by atoms with E-state index >= 15 is 0 Å². The first-order valence-electron chi connectivity index (χ1n) is 7.38. The molecule has 0 aliphatic rings. The van der Waals surface area contributed by atoms with Gasteiger partial charge in [0, 0.05) is 22.8 Å². The highest BCUT2D eigenvalue weighted by Gasteiger charge is 2.11. The Bertz CT molecular complexity index is 846. The van der Waals surface area contributed by atoms with Crippen LogP contribution in [0.5, 0.6) is 5.75 Å². The summed E-state index contributed by atoms with van der Waals surface area (Å²) in [6.07, 6.45) is 3.64. The van der Waals surface area contributed by atoms with Gasteiger partial charge in [-0.05, 0) is 46.3 Å². The van der Waals surface area contributed by atoms with Gasteiger partial charge in [-0.3, -0.25) is 4.79 Å². The quantitative estimate of drug-likeness (QED) is 0.730. The number of nitrogens with one attached hydrogen (secondary N) is 1. The molecule has 0 fully saturated rings. The van der Waals surface area contributed by atoms with Gasteiger partial charge < -0.3 is 10.1 Å². The minimum Gasteiger partial charge on any atom is -0.497 e. The summed E-state index contributed by atoms with van der Waals surface area (Å²) in [6, 6.07) is 15.1. The molecule has 24 heavy (non-hydrogen) atoms. The van der Waals surface area contributed by atoms with Crippen LogP contribution in [-0.4, -0.2) is 22.8 Å². The van der Waals surface area contributed by atoms with Crippen molar-refractivity contribution in [3.8, 4) is 11.4 Å². The fourth-order valence-electron chi connectivity index (χ4n) is 2.26. The number of benzene rings is 2. The van der Waals surface area contributed by atoms with Gasteiger partial charge in [-0.15, -0.1) is 0 Å². The van der Waals surface area contributed by atoms with Crippen LogP contribution in [0.25, 0.3) is 5.69 Å².